The lowest BCUT2D eigenvalue weighted by Gasteiger charge is -2.27. The number of pyridine rings is 1. The quantitative estimate of drug-likeness (QED) is 0.871. The highest BCUT2D eigenvalue weighted by molar-refractivity contribution is 5.49. The van der Waals surface area contributed by atoms with E-state index in [2.05, 4.69) is 38.9 Å². The predicted octanol–water partition coefficient (Wildman–Crippen LogP) is 1.64. The molecule has 5 nitrogen and oxygen atoms in total. The van der Waals surface area contributed by atoms with E-state index in [0.29, 0.717) is 5.92 Å². The first-order valence-corrected chi connectivity index (χ1v) is 6.35. The fourth-order valence-corrected chi connectivity index (χ4v) is 2.41. The molecule has 1 N–H and O–H groups in total. The van der Waals surface area contributed by atoms with Crippen LogP contribution < -0.4 is 5.32 Å². The van der Waals surface area contributed by atoms with E-state index in [1.807, 2.05) is 18.2 Å². The first-order chi connectivity index (χ1) is 8.77. The standard InChI is InChI=1S/C13H17N5/c1-9(2)11-13-17-16-12(18(13)8-7-15-11)10-5-3-4-6-14-10/h3-6,9,11,15H,7-8H2,1-2H3. The number of nitrogens with one attached hydrogen (secondary N) is 1. The van der Waals surface area contributed by atoms with Crippen LogP contribution in [0.3, 0.4) is 0 Å². The van der Waals surface area contributed by atoms with Gasteiger partial charge in [-0.1, -0.05) is 19.9 Å². The largest absolute Gasteiger partial charge is 0.307 e. The number of hydrogen-bond acceptors (Lipinski definition) is 4. The first kappa shape index (κ1) is 11.3. The second-order valence-corrected chi connectivity index (χ2v) is 4.92. The van der Waals surface area contributed by atoms with Crippen LogP contribution in [0.2, 0.25) is 0 Å². The lowest BCUT2D eigenvalue weighted by atomic mass is 10.0. The van der Waals surface area contributed by atoms with Gasteiger partial charge in [-0.25, -0.2) is 0 Å². The van der Waals surface area contributed by atoms with E-state index in [0.717, 1.165) is 30.4 Å². The third-order valence-corrected chi connectivity index (χ3v) is 3.32. The van der Waals surface area contributed by atoms with Crippen molar-refractivity contribution in [3.63, 3.8) is 0 Å². The Morgan fingerprint density at radius 1 is 1.33 bits per heavy atom. The van der Waals surface area contributed by atoms with Crippen LogP contribution in [0.15, 0.2) is 24.4 Å². The van der Waals surface area contributed by atoms with Crippen molar-refractivity contribution in [2.24, 2.45) is 5.92 Å². The lowest BCUT2D eigenvalue weighted by Crippen LogP contribution is -2.36. The molecule has 0 fully saturated rings. The number of nitrogens with zero attached hydrogens (tertiary/aromatic N) is 4. The summed E-state index contributed by atoms with van der Waals surface area (Å²) in [6.07, 6.45) is 1.79. The van der Waals surface area contributed by atoms with E-state index < -0.39 is 0 Å². The Balaban J connectivity index is 2.05. The van der Waals surface area contributed by atoms with Crippen molar-refractivity contribution in [1.82, 2.24) is 25.1 Å². The maximum Gasteiger partial charge on any atom is 0.182 e. The topological polar surface area (TPSA) is 55.6 Å². The molecule has 0 aliphatic carbocycles. The van der Waals surface area contributed by atoms with Gasteiger partial charge in [0.25, 0.3) is 0 Å². The maximum atomic E-state index is 4.36. The minimum Gasteiger partial charge on any atom is -0.307 e. The van der Waals surface area contributed by atoms with Crippen LogP contribution in [0.25, 0.3) is 11.5 Å². The van der Waals surface area contributed by atoms with Crippen molar-refractivity contribution < 1.29 is 0 Å². The Morgan fingerprint density at radius 3 is 2.94 bits per heavy atom. The predicted molar refractivity (Wildman–Crippen MR) is 68.8 cm³/mol. The highest BCUT2D eigenvalue weighted by Crippen LogP contribution is 2.26. The number of rotatable bonds is 2. The molecule has 1 unspecified atom stereocenters. The molecule has 0 saturated carbocycles. The summed E-state index contributed by atoms with van der Waals surface area (Å²) in [6.45, 7) is 6.25. The van der Waals surface area contributed by atoms with Crippen molar-refractivity contribution in [1.29, 1.82) is 0 Å². The van der Waals surface area contributed by atoms with Crippen LogP contribution in [0.5, 0.6) is 0 Å². The van der Waals surface area contributed by atoms with Gasteiger partial charge in [-0.3, -0.25) is 4.98 Å². The average molecular weight is 243 g/mol. The summed E-state index contributed by atoms with van der Waals surface area (Å²) in [5.74, 6) is 2.40. The van der Waals surface area contributed by atoms with Gasteiger partial charge in [-0.2, -0.15) is 0 Å². The zero-order valence-electron chi connectivity index (χ0n) is 10.7. The van der Waals surface area contributed by atoms with Crippen LogP contribution in [0.4, 0.5) is 0 Å². The molecule has 1 atom stereocenters. The molecule has 0 radical (unpaired) electrons. The summed E-state index contributed by atoms with van der Waals surface area (Å²) in [4.78, 5) is 4.36. The van der Waals surface area contributed by atoms with Crippen molar-refractivity contribution in [3.8, 4) is 11.5 Å². The zero-order chi connectivity index (χ0) is 12.5. The van der Waals surface area contributed by atoms with Gasteiger partial charge in [0, 0.05) is 19.3 Å². The van der Waals surface area contributed by atoms with Crippen molar-refractivity contribution in [3.05, 3.63) is 30.2 Å². The Morgan fingerprint density at radius 2 is 2.22 bits per heavy atom. The Bertz CT molecular complexity index is 532. The summed E-state index contributed by atoms with van der Waals surface area (Å²) in [7, 11) is 0. The molecular weight excluding hydrogens is 226 g/mol. The first-order valence-electron chi connectivity index (χ1n) is 6.35. The van der Waals surface area contributed by atoms with E-state index >= 15 is 0 Å². The van der Waals surface area contributed by atoms with Crippen molar-refractivity contribution >= 4 is 0 Å². The molecule has 3 heterocycles. The Labute approximate surface area is 106 Å². The summed E-state index contributed by atoms with van der Waals surface area (Å²) < 4.78 is 2.18. The van der Waals surface area contributed by atoms with Crippen LogP contribution in [-0.4, -0.2) is 26.3 Å². The highest BCUT2D eigenvalue weighted by atomic mass is 15.3. The lowest BCUT2D eigenvalue weighted by molar-refractivity contribution is 0.339. The van der Waals surface area contributed by atoms with E-state index in [1.165, 1.54) is 0 Å². The molecule has 1 aliphatic heterocycles. The molecule has 5 heteroatoms. The molecule has 2 aromatic heterocycles. The second-order valence-electron chi connectivity index (χ2n) is 4.92. The van der Waals surface area contributed by atoms with E-state index in [-0.39, 0.29) is 6.04 Å². The minimum atomic E-state index is 0.281. The number of fused-ring (bicyclic) bond motifs is 1. The average Bonchev–Trinajstić information content (AvgIpc) is 2.83. The maximum absolute atomic E-state index is 4.36. The fourth-order valence-electron chi connectivity index (χ4n) is 2.41. The molecule has 3 rings (SSSR count). The van der Waals surface area contributed by atoms with Crippen molar-refractivity contribution in [2.45, 2.75) is 26.4 Å². The van der Waals surface area contributed by atoms with Gasteiger partial charge in [-0.05, 0) is 18.1 Å². The third-order valence-electron chi connectivity index (χ3n) is 3.32. The van der Waals surface area contributed by atoms with Gasteiger partial charge in [0.05, 0.1) is 6.04 Å². The van der Waals surface area contributed by atoms with Gasteiger partial charge >= 0.3 is 0 Å². The summed E-state index contributed by atoms with van der Waals surface area (Å²) in [6, 6.07) is 6.15. The smallest absolute Gasteiger partial charge is 0.182 e. The second kappa shape index (κ2) is 4.49. The highest BCUT2D eigenvalue weighted by Gasteiger charge is 2.27. The van der Waals surface area contributed by atoms with Gasteiger partial charge < -0.3 is 9.88 Å². The van der Waals surface area contributed by atoms with Crippen LogP contribution in [-0.2, 0) is 6.54 Å². The monoisotopic (exact) mass is 243 g/mol. The van der Waals surface area contributed by atoms with Crippen LogP contribution in [0.1, 0.15) is 25.7 Å². The minimum absolute atomic E-state index is 0.281. The Kier molecular flexibility index (Phi) is 2.83. The van der Waals surface area contributed by atoms with Gasteiger partial charge in [0.2, 0.25) is 0 Å². The molecule has 94 valence electrons. The summed E-state index contributed by atoms with van der Waals surface area (Å²) in [5, 5.41) is 12.2. The summed E-state index contributed by atoms with van der Waals surface area (Å²) in [5.41, 5.74) is 0.889. The molecule has 2 aromatic rings. The van der Waals surface area contributed by atoms with Gasteiger partial charge in [-0.15, -0.1) is 10.2 Å². The van der Waals surface area contributed by atoms with E-state index in [9.17, 15) is 0 Å². The molecule has 1 aliphatic rings. The number of hydrogen-bond donors (Lipinski definition) is 1. The third kappa shape index (κ3) is 1.80. The van der Waals surface area contributed by atoms with Crippen molar-refractivity contribution in [2.75, 3.05) is 6.54 Å². The molecule has 0 bridgehead atoms. The molecular formula is C13H17N5. The van der Waals surface area contributed by atoms with Crippen LogP contribution in [0, 0.1) is 5.92 Å². The molecule has 0 amide bonds. The van der Waals surface area contributed by atoms with Crippen LogP contribution >= 0.6 is 0 Å². The SMILES string of the molecule is CC(C)C1NCCn2c(-c3ccccn3)nnc21. The normalized spacial score (nSPS) is 18.9. The molecule has 18 heavy (non-hydrogen) atoms. The fraction of sp³-hybridized carbons (Fsp3) is 0.462. The van der Waals surface area contributed by atoms with Gasteiger partial charge in [0.1, 0.15) is 5.69 Å². The van der Waals surface area contributed by atoms with E-state index in [4.69, 9.17) is 0 Å². The molecule has 0 saturated heterocycles. The number of aromatic nitrogens is 4. The van der Waals surface area contributed by atoms with E-state index in [1.54, 1.807) is 6.20 Å². The zero-order valence-corrected chi connectivity index (χ0v) is 10.7. The van der Waals surface area contributed by atoms with Gasteiger partial charge in [0.15, 0.2) is 11.6 Å². The molecule has 0 spiro atoms. The Hall–Kier alpha value is -1.75. The summed E-state index contributed by atoms with van der Waals surface area (Å²) >= 11 is 0. The molecule has 0 aromatic carbocycles.